The van der Waals surface area contributed by atoms with Crippen LogP contribution in [0.1, 0.15) is 6.92 Å². The Morgan fingerprint density at radius 1 is 1.18 bits per heavy atom. The molecule has 17 heavy (non-hydrogen) atoms. The molecule has 1 unspecified atom stereocenters. The molecule has 2 rings (SSSR count). The first-order valence-electron chi connectivity index (χ1n) is 5.40. The zero-order chi connectivity index (χ0) is 12.3. The SMILES string of the molecule is COc1nc2ccccc2nc1OCC(C)N. The van der Waals surface area contributed by atoms with Gasteiger partial charge in [-0.05, 0) is 19.1 Å². The molecule has 0 saturated heterocycles. The summed E-state index contributed by atoms with van der Waals surface area (Å²) in [6.45, 7) is 2.24. The molecule has 1 heterocycles. The van der Waals surface area contributed by atoms with Crippen molar-refractivity contribution in [3.63, 3.8) is 0 Å². The average molecular weight is 233 g/mol. The Hall–Kier alpha value is -1.88. The van der Waals surface area contributed by atoms with E-state index in [1.54, 1.807) is 0 Å². The van der Waals surface area contributed by atoms with E-state index < -0.39 is 0 Å². The van der Waals surface area contributed by atoms with E-state index in [4.69, 9.17) is 15.2 Å². The molecule has 1 atom stereocenters. The van der Waals surface area contributed by atoms with Crippen LogP contribution in [0.5, 0.6) is 11.8 Å². The van der Waals surface area contributed by atoms with Gasteiger partial charge in [-0.15, -0.1) is 0 Å². The van der Waals surface area contributed by atoms with Crippen LogP contribution in [0.2, 0.25) is 0 Å². The molecule has 0 spiro atoms. The fourth-order valence-corrected chi connectivity index (χ4v) is 1.41. The highest BCUT2D eigenvalue weighted by Crippen LogP contribution is 2.24. The second-order valence-electron chi connectivity index (χ2n) is 3.82. The predicted octanol–water partition coefficient (Wildman–Crippen LogP) is 1.36. The number of nitrogens with zero attached hydrogens (tertiary/aromatic N) is 2. The van der Waals surface area contributed by atoms with Crippen LogP contribution in [-0.2, 0) is 0 Å². The molecule has 0 radical (unpaired) electrons. The summed E-state index contributed by atoms with van der Waals surface area (Å²) in [5.74, 6) is 0.757. The van der Waals surface area contributed by atoms with Crippen LogP contribution in [0.3, 0.4) is 0 Å². The Morgan fingerprint density at radius 2 is 1.76 bits per heavy atom. The van der Waals surface area contributed by atoms with E-state index in [9.17, 15) is 0 Å². The van der Waals surface area contributed by atoms with Gasteiger partial charge in [0.2, 0.25) is 0 Å². The molecule has 1 aromatic heterocycles. The van der Waals surface area contributed by atoms with Crippen LogP contribution >= 0.6 is 0 Å². The summed E-state index contributed by atoms with van der Waals surface area (Å²) < 4.78 is 10.6. The monoisotopic (exact) mass is 233 g/mol. The van der Waals surface area contributed by atoms with E-state index in [0.29, 0.717) is 18.4 Å². The molecule has 0 bridgehead atoms. The minimum absolute atomic E-state index is 0.0621. The molecule has 2 N–H and O–H groups in total. The van der Waals surface area contributed by atoms with Gasteiger partial charge in [-0.25, -0.2) is 9.97 Å². The third-order valence-electron chi connectivity index (χ3n) is 2.18. The number of fused-ring (bicyclic) bond motifs is 1. The Bertz CT molecular complexity index is 514. The summed E-state index contributed by atoms with van der Waals surface area (Å²) in [5, 5.41) is 0. The van der Waals surface area contributed by atoms with Crippen molar-refractivity contribution in [2.75, 3.05) is 13.7 Å². The number of para-hydroxylation sites is 2. The van der Waals surface area contributed by atoms with Crippen LogP contribution in [0, 0.1) is 0 Å². The molecular formula is C12H15N3O2. The highest BCUT2D eigenvalue weighted by Gasteiger charge is 2.10. The van der Waals surface area contributed by atoms with Gasteiger partial charge in [0.1, 0.15) is 6.61 Å². The summed E-state index contributed by atoms with van der Waals surface area (Å²) in [6, 6.07) is 7.49. The molecular weight excluding hydrogens is 218 g/mol. The van der Waals surface area contributed by atoms with Crippen molar-refractivity contribution in [3.8, 4) is 11.8 Å². The number of methoxy groups -OCH3 is 1. The van der Waals surface area contributed by atoms with Crippen molar-refractivity contribution in [1.29, 1.82) is 0 Å². The number of ether oxygens (including phenoxy) is 2. The van der Waals surface area contributed by atoms with Crippen molar-refractivity contribution < 1.29 is 9.47 Å². The zero-order valence-corrected chi connectivity index (χ0v) is 9.88. The molecule has 90 valence electrons. The lowest BCUT2D eigenvalue weighted by atomic mass is 10.3. The van der Waals surface area contributed by atoms with Gasteiger partial charge in [-0.1, -0.05) is 12.1 Å². The van der Waals surface area contributed by atoms with Crippen LogP contribution in [0.15, 0.2) is 24.3 Å². The van der Waals surface area contributed by atoms with E-state index in [0.717, 1.165) is 11.0 Å². The zero-order valence-electron chi connectivity index (χ0n) is 9.88. The molecule has 2 aromatic rings. The van der Waals surface area contributed by atoms with Crippen molar-refractivity contribution in [1.82, 2.24) is 9.97 Å². The van der Waals surface area contributed by atoms with Gasteiger partial charge in [-0.3, -0.25) is 0 Å². The highest BCUT2D eigenvalue weighted by molar-refractivity contribution is 5.75. The fourth-order valence-electron chi connectivity index (χ4n) is 1.41. The minimum Gasteiger partial charge on any atom is -0.477 e. The summed E-state index contributed by atoms with van der Waals surface area (Å²) >= 11 is 0. The number of aromatic nitrogens is 2. The third-order valence-corrected chi connectivity index (χ3v) is 2.18. The predicted molar refractivity (Wildman–Crippen MR) is 65.2 cm³/mol. The molecule has 1 aromatic carbocycles. The van der Waals surface area contributed by atoms with Gasteiger partial charge in [0.05, 0.1) is 18.1 Å². The maximum absolute atomic E-state index is 5.63. The van der Waals surface area contributed by atoms with Gasteiger partial charge in [0.25, 0.3) is 11.8 Å². The molecule has 5 heteroatoms. The normalized spacial score (nSPS) is 12.4. The molecule has 5 nitrogen and oxygen atoms in total. The standard InChI is InChI=1S/C12H15N3O2/c1-8(13)7-17-12-11(16-2)14-9-5-3-4-6-10(9)15-12/h3-6,8H,7,13H2,1-2H3. The lowest BCUT2D eigenvalue weighted by Crippen LogP contribution is -2.24. The Kier molecular flexibility index (Phi) is 3.39. The summed E-state index contributed by atoms with van der Waals surface area (Å²) in [4.78, 5) is 8.67. The fraction of sp³-hybridized carbons (Fsp3) is 0.333. The van der Waals surface area contributed by atoms with Crippen molar-refractivity contribution in [3.05, 3.63) is 24.3 Å². The van der Waals surface area contributed by atoms with Crippen molar-refractivity contribution >= 4 is 11.0 Å². The molecule has 0 saturated carbocycles. The smallest absolute Gasteiger partial charge is 0.278 e. The number of hydrogen-bond donors (Lipinski definition) is 1. The number of rotatable bonds is 4. The van der Waals surface area contributed by atoms with Gasteiger partial charge < -0.3 is 15.2 Å². The summed E-state index contributed by atoms with van der Waals surface area (Å²) in [7, 11) is 1.54. The van der Waals surface area contributed by atoms with E-state index in [2.05, 4.69) is 9.97 Å². The summed E-state index contributed by atoms with van der Waals surface area (Å²) in [5.41, 5.74) is 7.18. The quantitative estimate of drug-likeness (QED) is 0.863. The molecule has 0 amide bonds. The van der Waals surface area contributed by atoms with Crippen molar-refractivity contribution in [2.45, 2.75) is 13.0 Å². The second-order valence-corrected chi connectivity index (χ2v) is 3.82. The first kappa shape index (κ1) is 11.6. The lowest BCUT2D eigenvalue weighted by molar-refractivity contribution is 0.264. The largest absolute Gasteiger partial charge is 0.477 e. The van der Waals surface area contributed by atoms with Crippen LogP contribution in [0.4, 0.5) is 0 Å². The lowest BCUT2D eigenvalue weighted by Gasteiger charge is -2.11. The number of hydrogen-bond acceptors (Lipinski definition) is 5. The molecule has 0 fully saturated rings. The number of benzene rings is 1. The van der Waals surface area contributed by atoms with Crippen molar-refractivity contribution in [2.24, 2.45) is 5.73 Å². The van der Waals surface area contributed by atoms with E-state index in [1.165, 1.54) is 7.11 Å². The Morgan fingerprint density at radius 3 is 2.29 bits per heavy atom. The van der Waals surface area contributed by atoms with Crippen LogP contribution < -0.4 is 15.2 Å². The Balaban J connectivity index is 2.38. The van der Waals surface area contributed by atoms with Gasteiger partial charge in [0.15, 0.2) is 0 Å². The maximum atomic E-state index is 5.63. The van der Waals surface area contributed by atoms with E-state index in [-0.39, 0.29) is 6.04 Å². The van der Waals surface area contributed by atoms with Gasteiger partial charge in [0, 0.05) is 6.04 Å². The molecule has 0 aliphatic carbocycles. The number of nitrogens with two attached hydrogens (primary N) is 1. The van der Waals surface area contributed by atoms with Gasteiger partial charge >= 0.3 is 0 Å². The molecule has 0 aliphatic rings. The minimum atomic E-state index is -0.0621. The van der Waals surface area contributed by atoms with E-state index in [1.807, 2.05) is 31.2 Å². The van der Waals surface area contributed by atoms with E-state index >= 15 is 0 Å². The van der Waals surface area contributed by atoms with Gasteiger partial charge in [-0.2, -0.15) is 0 Å². The van der Waals surface area contributed by atoms with Crippen LogP contribution in [-0.4, -0.2) is 29.7 Å². The first-order chi connectivity index (χ1) is 8.20. The van der Waals surface area contributed by atoms with Crippen LogP contribution in [0.25, 0.3) is 11.0 Å². The maximum Gasteiger partial charge on any atom is 0.278 e. The second kappa shape index (κ2) is 4.97. The Labute approximate surface area is 99.6 Å². The summed E-state index contributed by atoms with van der Waals surface area (Å²) in [6.07, 6.45) is 0. The average Bonchev–Trinajstić information content (AvgIpc) is 2.35. The molecule has 0 aliphatic heterocycles. The first-order valence-corrected chi connectivity index (χ1v) is 5.40. The third kappa shape index (κ3) is 2.62. The topological polar surface area (TPSA) is 70.3 Å². The highest BCUT2D eigenvalue weighted by atomic mass is 16.5.